The molecule has 3 saturated heterocycles. The van der Waals surface area contributed by atoms with E-state index < -0.39 is 57.5 Å². The molecule has 0 aromatic heterocycles. The highest BCUT2D eigenvalue weighted by molar-refractivity contribution is 7.90. The fraction of sp³-hybridized carbons (Fsp3) is 0.395. The third-order valence-corrected chi connectivity index (χ3v) is 13.3. The number of amides is 5. The van der Waals surface area contributed by atoms with Gasteiger partial charge < -0.3 is 15.1 Å². The van der Waals surface area contributed by atoms with Crippen molar-refractivity contribution in [2.45, 2.75) is 62.8 Å². The minimum absolute atomic E-state index is 0.0407. The van der Waals surface area contributed by atoms with Crippen LogP contribution in [0.2, 0.25) is 10.0 Å². The minimum Gasteiger partial charge on any atom is -0.371 e. The van der Waals surface area contributed by atoms with Gasteiger partial charge in [0.2, 0.25) is 11.8 Å². The molecular weight excluding hydrogens is 826 g/mol. The SMILES string of the molecule is CN(C1CCN(C2CCN(c3ccc4c(c3)C(=O)N(C3CCC(=O)NC3=O)C4=O)CC2)CC1)S(=O)(=O)Nc1ccc(Cl)cc1C(=O)Nc1ccc(C(F)(F)F)cc1Cl. The average Bonchev–Trinajstić information content (AvgIpc) is 3.43. The fourth-order valence-electron chi connectivity index (χ4n) is 7.94. The van der Waals surface area contributed by atoms with Crippen LogP contribution < -0.4 is 20.3 Å². The maximum Gasteiger partial charge on any atom is 0.416 e. The lowest BCUT2D eigenvalue weighted by Gasteiger charge is -2.43. The van der Waals surface area contributed by atoms with Crippen molar-refractivity contribution in [3.05, 3.63) is 86.9 Å². The number of hydrogen-bond donors (Lipinski definition) is 3. The Morgan fingerprint density at radius 3 is 2.17 bits per heavy atom. The standard InChI is InChI=1S/C38H38Cl2F3N7O7S/c1-47(58(56,57)46-30-7-3-22(39)19-28(30)34(52)44-31-6-2-21(18-29(31)40)38(41,42)43)23-10-14-48(15-11-23)24-12-16-49(17-13-24)25-4-5-26-27(20-25)37(55)50(36(26)54)32-8-9-33(51)45-35(32)53/h2-7,18-20,23-24,32,46H,8-17H2,1H3,(H,44,52)(H,45,51,53). The predicted octanol–water partition coefficient (Wildman–Crippen LogP) is 5.39. The summed E-state index contributed by atoms with van der Waals surface area (Å²) in [5, 5.41) is 4.39. The quantitative estimate of drug-likeness (QED) is 0.239. The molecule has 4 aliphatic heterocycles. The smallest absolute Gasteiger partial charge is 0.371 e. The first kappa shape index (κ1) is 41.4. The molecule has 1 unspecified atom stereocenters. The number of benzene rings is 3. The van der Waals surface area contributed by atoms with Gasteiger partial charge in [-0.2, -0.15) is 25.9 Å². The van der Waals surface area contributed by atoms with Gasteiger partial charge in [-0.05, 0) is 99.8 Å². The van der Waals surface area contributed by atoms with Crippen molar-refractivity contribution >= 4 is 80.0 Å². The van der Waals surface area contributed by atoms with Gasteiger partial charge in [-0.15, -0.1) is 0 Å². The predicted molar refractivity (Wildman–Crippen MR) is 209 cm³/mol. The Balaban J connectivity index is 0.928. The topological polar surface area (TPSA) is 169 Å². The Morgan fingerprint density at radius 1 is 0.845 bits per heavy atom. The van der Waals surface area contributed by atoms with E-state index in [4.69, 9.17) is 23.2 Å². The van der Waals surface area contributed by atoms with E-state index in [0.29, 0.717) is 45.1 Å². The van der Waals surface area contributed by atoms with E-state index in [9.17, 15) is 45.6 Å². The molecule has 0 aliphatic carbocycles. The first-order valence-electron chi connectivity index (χ1n) is 18.5. The van der Waals surface area contributed by atoms with E-state index in [1.165, 1.54) is 29.6 Å². The Morgan fingerprint density at radius 2 is 1.52 bits per heavy atom. The molecule has 3 fully saturated rings. The van der Waals surface area contributed by atoms with Crippen molar-refractivity contribution in [3.63, 3.8) is 0 Å². The van der Waals surface area contributed by atoms with Gasteiger partial charge in [0.15, 0.2) is 0 Å². The van der Waals surface area contributed by atoms with Gasteiger partial charge in [-0.3, -0.25) is 38.9 Å². The zero-order valence-corrected chi connectivity index (χ0v) is 33.3. The molecular formula is C38H38Cl2F3N7O7S. The van der Waals surface area contributed by atoms with Gasteiger partial charge in [-0.1, -0.05) is 23.2 Å². The van der Waals surface area contributed by atoms with E-state index in [-0.39, 0.29) is 63.0 Å². The van der Waals surface area contributed by atoms with Crippen LogP contribution in [0, 0.1) is 0 Å². The Hall–Kier alpha value is -4.75. The van der Waals surface area contributed by atoms with E-state index in [2.05, 4.69) is 25.2 Å². The molecule has 0 saturated carbocycles. The number of rotatable bonds is 9. The summed E-state index contributed by atoms with van der Waals surface area (Å²) in [4.78, 5) is 69.2. The molecule has 3 aromatic carbocycles. The molecule has 4 aliphatic rings. The van der Waals surface area contributed by atoms with E-state index >= 15 is 0 Å². The van der Waals surface area contributed by atoms with Crippen molar-refractivity contribution in [2.75, 3.05) is 48.2 Å². The summed E-state index contributed by atoms with van der Waals surface area (Å²) in [5.74, 6) is -3.06. The fourth-order valence-corrected chi connectivity index (χ4v) is 9.55. The molecule has 0 bridgehead atoms. The average molecular weight is 865 g/mol. The Labute approximate surface area is 341 Å². The summed E-state index contributed by atoms with van der Waals surface area (Å²) >= 11 is 12.2. The number of likely N-dealkylation sites (tertiary alicyclic amines) is 1. The highest BCUT2D eigenvalue weighted by Gasteiger charge is 2.45. The summed E-state index contributed by atoms with van der Waals surface area (Å²) in [5.41, 5.74) is -0.140. The van der Waals surface area contributed by atoms with Crippen LogP contribution >= 0.6 is 23.2 Å². The second-order valence-electron chi connectivity index (χ2n) is 14.6. The summed E-state index contributed by atoms with van der Waals surface area (Å²) in [6, 6.07) is 10.3. The number of imide groups is 2. The number of carbonyl (C=O) groups is 5. The van der Waals surface area contributed by atoms with Crippen LogP contribution in [-0.4, -0.2) is 103 Å². The lowest BCUT2D eigenvalue weighted by molar-refractivity contribution is -0.138. The molecule has 7 rings (SSSR count). The number of fused-ring (bicyclic) bond motifs is 1. The molecule has 3 aromatic rings. The first-order chi connectivity index (χ1) is 27.4. The Bertz CT molecular complexity index is 2300. The van der Waals surface area contributed by atoms with Crippen LogP contribution in [-0.2, 0) is 26.0 Å². The second kappa shape index (κ2) is 16.1. The lowest BCUT2D eigenvalue weighted by atomic mass is 9.97. The molecule has 0 radical (unpaired) electrons. The van der Waals surface area contributed by atoms with Crippen LogP contribution in [0.1, 0.15) is 75.2 Å². The maximum atomic E-state index is 13.6. The molecule has 4 heterocycles. The molecule has 58 heavy (non-hydrogen) atoms. The number of nitrogens with one attached hydrogen (secondary N) is 3. The van der Waals surface area contributed by atoms with Crippen LogP contribution in [0.25, 0.3) is 0 Å². The van der Waals surface area contributed by atoms with Crippen molar-refractivity contribution in [3.8, 4) is 0 Å². The molecule has 3 N–H and O–H groups in total. The number of nitrogens with zero attached hydrogens (tertiary/aromatic N) is 4. The number of alkyl halides is 3. The summed E-state index contributed by atoms with van der Waals surface area (Å²) in [6.45, 7) is 2.65. The normalized spacial score (nSPS) is 20.1. The van der Waals surface area contributed by atoms with Gasteiger partial charge in [0.25, 0.3) is 17.7 Å². The summed E-state index contributed by atoms with van der Waals surface area (Å²) in [6.07, 6.45) is -1.81. The highest BCUT2D eigenvalue weighted by atomic mass is 35.5. The third-order valence-electron chi connectivity index (χ3n) is 11.2. The van der Waals surface area contributed by atoms with E-state index in [0.717, 1.165) is 35.6 Å². The largest absolute Gasteiger partial charge is 0.416 e. The number of halogens is 5. The zero-order chi connectivity index (χ0) is 41.7. The van der Waals surface area contributed by atoms with Gasteiger partial charge in [0.05, 0.1) is 38.7 Å². The zero-order valence-electron chi connectivity index (χ0n) is 30.9. The minimum atomic E-state index is -4.64. The highest BCUT2D eigenvalue weighted by Crippen LogP contribution is 2.36. The molecule has 20 heteroatoms. The molecule has 1 atom stereocenters. The number of piperidine rings is 3. The maximum absolute atomic E-state index is 13.6. The lowest BCUT2D eigenvalue weighted by Crippen LogP contribution is -2.54. The summed E-state index contributed by atoms with van der Waals surface area (Å²) < 4.78 is 70.2. The number of anilines is 3. The number of carbonyl (C=O) groups excluding carboxylic acids is 5. The monoisotopic (exact) mass is 863 g/mol. The first-order valence-corrected chi connectivity index (χ1v) is 20.7. The van der Waals surface area contributed by atoms with Crippen molar-refractivity contribution in [1.82, 2.24) is 19.4 Å². The van der Waals surface area contributed by atoms with Gasteiger partial charge in [0, 0.05) is 49.4 Å². The molecule has 5 amide bonds. The third kappa shape index (κ3) is 8.38. The van der Waals surface area contributed by atoms with Crippen molar-refractivity contribution in [2.24, 2.45) is 0 Å². The van der Waals surface area contributed by atoms with Crippen molar-refractivity contribution < 1.29 is 45.6 Å². The van der Waals surface area contributed by atoms with E-state index in [1.807, 2.05) is 0 Å². The van der Waals surface area contributed by atoms with Gasteiger partial charge >= 0.3 is 16.4 Å². The molecule has 0 spiro atoms. The van der Waals surface area contributed by atoms with Crippen LogP contribution in [0.5, 0.6) is 0 Å². The van der Waals surface area contributed by atoms with Gasteiger partial charge in [-0.25, -0.2) is 0 Å². The van der Waals surface area contributed by atoms with Crippen molar-refractivity contribution in [1.29, 1.82) is 0 Å². The summed E-state index contributed by atoms with van der Waals surface area (Å²) in [7, 11) is -2.73. The molecule has 308 valence electrons. The van der Waals surface area contributed by atoms with Gasteiger partial charge in [0.1, 0.15) is 6.04 Å². The number of hydrogen-bond acceptors (Lipinski definition) is 9. The van der Waals surface area contributed by atoms with Crippen LogP contribution in [0.4, 0.5) is 30.2 Å². The second-order valence-corrected chi connectivity index (χ2v) is 17.2. The van der Waals surface area contributed by atoms with Crippen LogP contribution in [0.3, 0.4) is 0 Å². The Kier molecular flexibility index (Phi) is 11.5. The molecule has 14 nitrogen and oxygen atoms in total. The van der Waals surface area contributed by atoms with E-state index in [1.54, 1.807) is 18.2 Å². The van der Waals surface area contributed by atoms with Crippen LogP contribution in [0.15, 0.2) is 54.6 Å².